The summed E-state index contributed by atoms with van der Waals surface area (Å²) in [4.78, 5) is 23.2. The lowest BCUT2D eigenvalue weighted by molar-refractivity contribution is -0.118. The standard InChI is InChI=1S/C25H18BrFN2O5/c1-33-22-12-15(10-18(13-28)16-2-4-17(5-3-16)25(31)32)11-21(26)24(22)34-14-23(30)29-20-8-6-19(27)7-9-20/h2-12H,14H2,1H3,(H,29,30)(H,31,32)/b18-10-. The smallest absolute Gasteiger partial charge is 0.335 e. The number of nitrogens with zero attached hydrogens (tertiary/aromatic N) is 1. The van der Waals surface area contributed by atoms with Gasteiger partial charge in [0, 0.05) is 5.69 Å². The van der Waals surface area contributed by atoms with Crippen molar-refractivity contribution in [1.29, 1.82) is 5.26 Å². The van der Waals surface area contributed by atoms with Gasteiger partial charge in [-0.05, 0) is 81.7 Å². The van der Waals surface area contributed by atoms with Gasteiger partial charge >= 0.3 is 5.97 Å². The van der Waals surface area contributed by atoms with Gasteiger partial charge < -0.3 is 19.9 Å². The fraction of sp³-hybridized carbons (Fsp3) is 0.0800. The molecule has 0 aromatic heterocycles. The summed E-state index contributed by atoms with van der Waals surface area (Å²) in [5.74, 6) is -1.29. The molecular weight excluding hydrogens is 507 g/mol. The molecule has 34 heavy (non-hydrogen) atoms. The number of amides is 1. The third-order valence-electron chi connectivity index (χ3n) is 4.60. The molecular formula is C25H18BrFN2O5. The third kappa shape index (κ3) is 6.21. The molecule has 0 spiro atoms. The zero-order valence-corrected chi connectivity index (χ0v) is 19.4. The van der Waals surface area contributed by atoms with E-state index in [-0.39, 0.29) is 12.2 Å². The van der Waals surface area contributed by atoms with Crippen molar-refractivity contribution in [2.24, 2.45) is 0 Å². The fourth-order valence-corrected chi connectivity index (χ4v) is 3.54. The van der Waals surface area contributed by atoms with E-state index in [2.05, 4.69) is 27.3 Å². The number of nitriles is 1. The van der Waals surface area contributed by atoms with E-state index in [0.717, 1.165) is 0 Å². The topological polar surface area (TPSA) is 109 Å². The summed E-state index contributed by atoms with van der Waals surface area (Å²) < 4.78 is 24.5. The average molecular weight is 525 g/mol. The van der Waals surface area contributed by atoms with Gasteiger partial charge in [-0.3, -0.25) is 4.79 Å². The molecule has 2 N–H and O–H groups in total. The molecule has 0 atom stereocenters. The van der Waals surface area contributed by atoms with Crippen molar-refractivity contribution in [2.45, 2.75) is 0 Å². The zero-order valence-electron chi connectivity index (χ0n) is 17.8. The minimum Gasteiger partial charge on any atom is -0.493 e. The highest BCUT2D eigenvalue weighted by Gasteiger charge is 2.14. The number of carbonyl (C=O) groups excluding carboxylic acids is 1. The van der Waals surface area contributed by atoms with E-state index in [9.17, 15) is 19.2 Å². The Kier molecular flexibility index (Phi) is 8.01. The molecule has 172 valence electrons. The lowest BCUT2D eigenvalue weighted by Crippen LogP contribution is -2.20. The van der Waals surface area contributed by atoms with Crippen molar-refractivity contribution >= 4 is 45.1 Å². The monoisotopic (exact) mass is 524 g/mol. The number of benzene rings is 3. The highest BCUT2D eigenvalue weighted by molar-refractivity contribution is 9.10. The molecule has 9 heteroatoms. The Bertz CT molecular complexity index is 1280. The van der Waals surface area contributed by atoms with Crippen molar-refractivity contribution in [3.63, 3.8) is 0 Å². The number of nitrogens with one attached hydrogen (secondary N) is 1. The van der Waals surface area contributed by atoms with Gasteiger partial charge in [0.25, 0.3) is 5.91 Å². The predicted molar refractivity (Wildman–Crippen MR) is 128 cm³/mol. The summed E-state index contributed by atoms with van der Waals surface area (Å²) >= 11 is 3.40. The summed E-state index contributed by atoms with van der Waals surface area (Å²) in [6.07, 6.45) is 1.62. The summed E-state index contributed by atoms with van der Waals surface area (Å²) in [6, 6.07) is 16.7. The molecule has 0 bridgehead atoms. The van der Waals surface area contributed by atoms with Crippen LogP contribution in [0.2, 0.25) is 0 Å². The van der Waals surface area contributed by atoms with Gasteiger partial charge in [0.15, 0.2) is 18.1 Å². The first-order valence-corrected chi connectivity index (χ1v) is 10.6. The molecule has 0 radical (unpaired) electrons. The lowest BCUT2D eigenvalue weighted by Gasteiger charge is -2.14. The fourth-order valence-electron chi connectivity index (χ4n) is 2.97. The number of ether oxygens (including phenoxy) is 2. The summed E-state index contributed by atoms with van der Waals surface area (Å²) in [7, 11) is 1.44. The van der Waals surface area contributed by atoms with Crippen LogP contribution in [0.25, 0.3) is 11.6 Å². The van der Waals surface area contributed by atoms with Gasteiger partial charge in [0.2, 0.25) is 0 Å². The highest BCUT2D eigenvalue weighted by atomic mass is 79.9. The summed E-state index contributed by atoms with van der Waals surface area (Å²) in [5, 5.41) is 21.2. The summed E-state index contributed by atoms with van der Waals surface area (Å²) in [6.45, 7) is -0.319. The van der Waals surface area contributed by atoms with E-state index in [1.807, 2.05) is 0 Å². The number of halogens is 2. The maximum atomic E-state index is 13.0. The molecule has 7 nitrogen and oxygen atoms in total. The maximum absolute atomic E-state index is 13.0. The molecule has 0 saturated heterocycles. The van der Waals surface area contributed by atoms with Gasteiger partial charge in [-0.2, -0.15) is 5.26 Å². The second kappa shape index (κ2) is 11.1. The first-order valence-electron chi connectivity index (χ1n) is 9.82. The van der Waals surface area contributed by atoms with Gasteiger partial charge in [-0.15, -0.1) is 0 Å². The van der Waals surface area contributed by atoms with Crippen LogP contribution in [-0.4, -0.2) is 30.7 Å². The molecule has 0 aliphatic carbocycles. The zero-order chi connectivity index (χ0) is 24.7. The van der Waals surface area contributed by atoms with E-state index in [0.29, 0.717) is 38.4 Å². The van der Waals surface area contributed by atoms with Crippen LogP contribution < -0.4 is 14.8 Å². The quantitative estimate of drug-likeness (QED) is 0.302. The Morgan fingerprint density at radius 3 is 2.35 bits per heavy atom. The van der Waals surface area contributed by atoms with Gasteiger partial charge in [-0.25, -0.2) is 9.18 Å². The largest absolute Gasteiger partial charge is 0.493 e. The number of aromatic carboxylic acids is 1. The second-order valence-corrected chi connectivity index (χ2v) is 7.78. The Morgan fingerprint density at radius 1 is 1.12 bits per heavy atom. The van der Waals surface area contributed by atoms with E-state index >= 15 is 0 Å². The number of allylic oxidation sites excluding steroid dienone is 1. The minimum absolute atomic E-state index is 0.121. The molecule has 1 amide bonds. The second-order valence-electron chi connectivity index (χ2n) is 6.93. The first kappa shape index (κ1) is 24.5. The highest BCUT2D eigenvalue weighted by Crippen LogP contribution is 2.37. The van der Waals surface area contributed by atoms with E-state index < -0.39 is 17.7 Å². The number of carbonyl (C=O) groups is 2. The maximum Gasteiger partial charge on any atom is 0.335 e. The van der Waals surface area contributed by atoms with Crippen molar-refractivity contribution < 1.29 is 28.6 Å². The van der Waals surface area contributed by atoms with Crippen molar-refractivity contribution in [2.75, 3.05) is 19.0 Å². The van der Waals surface area contributed by atoms with E-state index in [1.165, 1.54) is 43.5 Å². The SMILES string of the molecule is COc1cc(/C=C(/C#N)c2ccc(C(=O)O)cc2)cc(Br)c1OCC(=O)Nc1ccc(F)cc1. The van der Waals surface area contributed by atoms with Crippen LogP contribution in [-0.2, 0) is 4.79 Å². The molecule has 0 aliphatic heterocycles. The molecule has 0 saturated carbocycles. The molecule has 3 aromatic carbocycles. The van der Waals surface area contributed by atoms with Crippen molar-refractivity contribution in [3.8, 4) is 17.6 Å². The van der Waals surface area contributed by atoms with Crippen LogP contribution >= 0.6 is 15.9 Å². The van der Waals surface area contributed by atoms with Crippen LogP contribution in [0.15, 0.2) is 65.1 Å². The van der Waals surface area contributed by atoms with Gasteiger partial charge in [-0.1, -0.05) is 12.1 Å². The van der Waals surface area contributed by atoms with Gasteiger partial charge in [0.05, 0.1) is 28.8 Å². The number of hydrogen-bond acceptors (Lipinski definition) is 5. The van der Waals surface area contributed by atoms with E-state index in [1.54, 1.807) is 30.3 Å². The first-order chi connectivity index (χ1) is 16.3. The molecule has 0 fully saturated rings. The lowest BCUT2D eigenvalue weighted by atomic mass is 10.0. The van der Waals surface area contributed by atoms with Crippen LogP contribution in [0.3, 0.4) is 0 Å². The number of methoxy groups -OCH3 is 1. The minimum atomic E-state index is -1.05. The molecule has 0 heterocycles. The Labute approximate surface area is 203 Å². The summed E-state index contributed by atoms with van der Waals surface area (Å²) in [5.41, 5.74) is 2.04. The van der Waals surface area contributed by atoms with Crippen LogP contribution in [0.4, 0.5) is 10.1 Å². The number of carboxylic acid groups (broad SMARTS) is 1. The number of anilines is 1. The Morgan fingerprint density at radius 2 is 1.76 bits per heavy atom. The van der Waals surface area contributed by atoms with Gasteiger partial charge in [0.1, 0.15) is 5.82 Å². The molecule has 3 rings (SSSR count). The molecule has 0 unspecified atom stereocenters. The normalized spacial score (nSPS) is 10.8. The average Bonchev–Trinajstić information content (AvgIpc) is 2.83. The third-order valence-corrected chi connectivity index (χ3v) is 5.19. The number of rotatable bonds is 8. The number of carboxylic acids is 1. The van der Waals surface area contributed by atoms with Crippen molar-refractivity contribution in [3.05, 3.63) is 87.6 Å². The molecule has 3 aromatic rings. The molecule has 0 aliphatic rings. The number of hydrogen-bond donors (Lipinski definition) is 2. The predicted octanol–water partition coefficient (Wildman–Crippen LogP) is 5.38. The van der Waals surface area contributed by atoms with Crippen LogP contribution in [0, 0.1) is 17.1 Å². The van der Waals surface area contributed by atoms with Crippen LogP contribution in [0.5, 0.6) is 11.5 Å². The van der Waals surface area contributed by atoms with Crippen molar-refractivity contribution in [1.82, 2.24) is 0 Å². The Balaban J connectivity index is 1.78. The van der Waals surface area contributed by atoms with Crippen LogP contribution in [0.1, 0.15) is 21.5 Å². The Hall–Kier alpha value is -4.16. The van der Waals surface area contributed by atoms with E-state index in [4.69, 9.17) is 14.6 Å².